The second kappa shape index (κ2) is 7.01. The monoisotopic (exact) mass is 283 g/mol. The van der Waals surface area contributed by atoms with Gasteiger partial charge < -0.3 is 5.32 Å². The van der Waals surface area contributed by atoms with Crippen molar-refractivity contribution in [2.24, 2.45) is 0 Å². The largest absolute Gasteiger partial charge is 0.315 e. The number of para-hydroxylation sites is 1. The normalized spacial score (nSPS) is 20.0. The standard InChI is InChI=1S/C18H25N3/c1-2-19-13-17-10-3-4-12-21(17)14-16-8-5-7-15-9-6-11-20-18(15)16/h5-9,11,17,19H,2-4,10,12-14H2,1H3. The number of fused-ring (bicyclic) bond motifs is 1. The van der Waals surface area contributed by atoms with Gasteiger partial charge >= 0.3 is 0 Å². The average Bonchev–Trinajstić information content (AvgIpc) is 2.54. The smallest absolute Gasteiger partial charge is 0.0746 e. The molecule has 0 bridgehead atoms. The van der Waals surface area contributed by atoms with E-state index in [4.69, 9.17) is 0 Å². The van der Waals surface area contributed by atoms with Crippen LogP contribution in [0.3, 0.4) is 0 Å². The highest BCUT2D eigenvalue weighted by molar-refractivity contribution is 5.81. The summed E-state index contributed by atoms with van der Waals surface area (Å²) in [6.45, 7) is 6.57. The molecule has 1 N–H and O–H groups in total. The van der Waals surface area contributed by atoms with Crippen LogP contribution in [0.25, 0.3) is 10.9 Å². The predicted molar refractivity (Wildman–Crippen MR) is 88.3 cm³/mol. The maximum Gasteiger partial charge on any atom is 0.0746 e. The van der Waals surface area contributed by atoms with Crippen molar-refractivity contribution in [2.75, 3.05) is 19.6 Å². The summed E-state index contributed by atoms with van der Waals surface area (Å²) < 4.78 is 0. The number of pyridine rings is 1. The molecule has 1 saturated heterocycles. The maximum absolute atomic E-state index is 4.59. The van der Waals surface area contributed by atoms with Crippen molar-refractivity contribution in [1.29, 1.82) is 0 Å². The summed E-state index contributed by atoms with van der Waals surface area (Å²) >= 11 is 0. The molecule has 3 nitrogen and oxygen atoms in total. The van der Waals surface area contributed by atoms with E-state index < -0.39 is 0 Å². The molecule has 112 valence electrons. The minimum absolute atomic E-state index is 0.665. The molecule has 1 aliphatic heterocycles. The van der Waals surface area contributed by atoms with E-state index in [1.807, 2.05) is 12.3 Å². The van der Waals surface area contributed by atoms with Crippen LogP contribution in [0.5, 0.6) is 0 Å². The van der Waals surface area contributed by atoms with Crippen molar-refractivity contribution in [3.8, 4) is 0 Å². The molecule has 0 spiro atoms. The van der Waals surface area contributed by atoms with Gasteiger partial charge in [-0.05, 0) is 37.6 Å². The first-order valence-corrected chi connectivity index (χ1v) is 8.16. The third kappa shape index (κ3) is 3.42. The van der Waals surface area contributed by atoms with Gasteiger partial charge in [0.2, 0.25) is 0 Å². The third-order valence-electron chi connectivity index (χ3n) is 4.47. The molecule has 0 aliphatic carbocycles. The number of nitrogens with one attached hydrogen (secondary N) is 1. The Hall–Kier alpha value is -1.45. The molecule has 0 saturated carbocycles. The van der Waals surface area contributed by atoms with Crippen LogP contribution < -0.4 is 5.32 Å². The number of aromatic nitrogens is 1. The van der Waals surface area contributed by atoms with Crippen molar-refractivity contribution in [1.82, 2.24) is 15.2 Å². The molecule has 0 amide bonds. The molecule has 2 heterocycles. The first kappa shape index (κ1) is 14.5. The highest BCUT2D eigenvalue weighted by Gasteiger charge is 2.22. The zero-order valence-electron chi connectivity index (χ0n) is 12.9. The molecule has 1 aromatic heterocycles. The van der Waals surface area contributed by atoms with Crippen LogP contribution in [-0.4, -0.2) is 35.6 Å². The number of likely N-dealkylation sites (N-methyl/N-ethyl adjacent to an activating group) is 1. The summed E-state index contributed by atoms with van der Waals surface area (Å²) in [6.07, 6.45) is 5.89. The second-order valence-electron chi connectivity index (χ2n) is 5.92. The Morgan fingerprint density at radius 1 is 1.24 bits per heavy atom. The van der Waals surface area contributed by atoms with Crippen LogP contribution in [0.1, 0.15) is 31.7 Å². The van der Waals surface area contributed by atoms with Gasteiger partial charge in [0, 0.05) is 30.7 Å². The van der Waals surface area contributed by atoms with Crippen LogP contribution in [0.4, 0.5) is 0 Å². The van der Waals surface area contributed by atoms with Crippen LogP contribution in [0, 0.1) is 0 Å². The highest BCUT2D eigenvalue weighted by Crippen LogP contribution is 2.22. The van der Waals surface area contributed by atoms with Crippen LogP contribution in [0.2, 0.25) is 0 Å². The van der Waals surface area contributed by atoms with Crippen LogP contribution in [-0.2, 0) is 6.54 Å². The Kier molecular flexibility index (Phi) is 4.84. The number of hydrogen-bond acceptors (Lipinski definition) is 3. The van der Waals surface area contributed by atoms with Gasteiger partial charge in [0.15, 0.2) is 0 Å². The maximum atomic E-state index is 4.59. The van der Waals surface area contributed by atoms with Gasteiger partial charge in [-0.15, -0.1) is 0 Å². The number of benzene rings is 1. The lowest BCUT2D eigenvalue weighted by molar-refractivity contribution is 0.138. The summed E-state index contributed by atoms with van der Waals surface area (Å²) in [5.74, 6) is 0. The molecule has 1 aromatic carbocycles. The molecule has 21 heavy (non-hydrogen) atoms. The average molecular weight is 283 g/mol. The predicted octanol–water partition coefficient (Wildman–Crippen LogP) is 3.20. The van der Waals surface area contributed by atoms with Crippen LogP contribution >= 0.6 is 0 Å². The molecule has 1 atom stereocenters. The summed E-state index contributed by atoms with van der Waals surface area (Å²) in [4.78, 5) is 7.23. The fourth-order valence-electron chi connectivity index (χ4n) is 3.32. The van der Waals surface area contributed by atoms with E-state index in [0.29, 0.717) is 6.04 Å². The quantitative estimate of drug-likeness (QED) is 0.913. The first-order valence-electron chi connectivity index (χ1n) is 8.16. The lowest BCUT2D eigenvalue weighted by atomic mass is 10.0. The Bertz CT molecular complexity index is 576. The minimum Gasteiger partial charge on any atom is -0.315 e. The van der Waals surface area contributed by atoms with Crippen molar-refractivity contribution in [3.05, 3.63) is 42.1 Å². The van der Waals surface area contributed by atoms with Crippen molar-refractivity contribution < 1.29 is 0 Å². The van der Waals surface area contributed by atoms with Crippen molar-refractivity contribution >= 4 is 10.9 Å². The summed E-state index contributed by atoms with van der Waals surface area (Å²) in [5, 5.41) is 4.76. The third-order valence-corrected chi connectivity index (χ3v) is 4.47. The number of hydrogen-bond donors (Lipinski definition) is 1. The lowest BCUT2D eigenvalue weighted by Gasteiger charge is -2.36. The second-order valence-corrected chi connectivity index (χ2v) is 5.92. The molecule has 3 heteroatoms. The fourth-order valence-corrected chi connectivity index (χ4v) is 3.32. The molecular formula is C18H25N3. The number of nitrogens with zero attached hydrogens (tertiary/aromatic N) is 2. The molecule has 1 aliphatic rings. The van der Waals surface area contributed by atoms with Gasteiger partial charge in [0.25, 0.3) is 0 Å². The number of rotatable bonds is 5. The van der Waals surface area contributed by atoms with E-state index in [9.17, 15) is 0 Å². The SMILES string of the molecule is CCNCC1CCCCN1Cc1cccc2cccnc12. The number of likely N-dealkylation sites (tertiary alicyclic amines) is 1. The molecular weight excluding hydrogens is 258 g/mol. The van der Waals surface area contributed by atoms with Gasteiger partial charge in [0.05, 0.1) is 5.52 Å². The molecule has 1 unspecified atom stereocenters. The van der Waals surface area contributed by atoms with E-state index in [1.54, 1.807) is 0 Å². The van der Waals surface area contributed by atoms with Gasteiger partial charge in [-0.2, -0.15) is 0 Å². The molecule has 2 aromatic rings. The van der Waals surface area contributed by atoms with E-state index in [-0.39, 0.29) is 0 Å². The van der Waals surface area contributed by atoms with E-state index >= 15 is 0 Å². The van der Waals surface area contributed by atoms with E-state index in [2.05, 4.69) is 46.4 Å². The highest BCUT2D eigenvalue weighted by atomic mass is 15.2. The number of piperidine rings is 1. The molecule has 0 radical (unpaired) electrons. The summed E-state index contributed by atoms with van der Waals surface area (Å²) in [6, 6.07) is 11.4. The van der Waals surface area contributed by atoms with E-state index in [1.165, 1.54) is 36.8 Å². The Morgan fingerprint density at radius 3 is 3.05 bits per heavy atom. The van der Waals surface area contributed by atoms with Gasteiger partial charge in [-0.25, -0.2) is 0 Å². The van der Waals surface area contributed by atoms with Crippen LogP contribution in [0.15, 0.2) is 36.5 Å². The van der Waals surface area contributed by atoms with E-state index in [0.717, 1.165) is 25.2 Å². The first-order chi connectivity index (χ1) is 10.4. The van der Waals surface area contributed by atoms with Gasteiger partial charge in [-0.1, -0.05) is 37.6 Å². The summed E-state index contributed by atoms with van der Waals surface area (Å²) in [7, 11) is 0. The van der Waals surface area contributed by atoms with Gasteiger partial charge in [-0.3, -0.25) is 9.88 Å². The Labute approximate surface area is 127 Å². The van der Waals surface area contributed by atoms with Crippen molar-refractivity contribution in [3.63, 3.8) is 0 Å². The summed E-state index contributed by atoms with van der Waals surface area (Å²) in [5.41, 5.74) is 2.52. The molecule has 3 rings (SSSR count). The lowest BCUT2D eigenvalue weighted by Crippen LogP contribution is -2.44. The zero-order chi connectivity index (χ0) is 14.5. The molecule has 1 fully saturated rings. The Balaban J connectivity index is 1.79. The fraction of sp³-hybridized carbons (Fsp3) is 0.500. The topological polar surface area (TPSA) is 28.2 Å². The van der Waals surface area contributed by atoms with Gasteiger partial charge in [0.1, 0.15) is 0 Å². The van der Waals surface area contributed by atoms with Crippen molar-refractivity contribution in [2.45, 2.75) is 38.8 Å². The Morgan fingerprint density at radius 2 is 2.14 bits per heavy atom. The zero-order valence-corrected chi connectivity index (χ0v) is 12.9. The minimum atomic E-state index is 0.665.